The molecule has 0 saturated carbocycles. The Bertz CT molecular complexity index is 723. The number of hydrogen-bond acceptors (Lipinski definition) is 4. The van der Waals surface area contributed by atoms with Crippen LogP contribution in [0.5, 0.6) is 0 Å². The molecule has 5 nitrogen and oxygen atoms in total. The minimum Gasteiger partial charge on any atom is -0.389 e. The van der Waals surface area contributed by atoms with E-state index in [1.54, 1.807) is 29.2 Å². The maximum absolute atomic E-state index is 12.2. The molecule has 2 aromatic rings. The first-order valence-electron chi connectivity index (χ1n) is 5.69. The van der Waals surface area contributed by atoms with Gasteiger partial charge in [-0.2, -0.15) is 5.10 Å². The van der Waals surface area contributed by atoms with Crippen molar-refractivity contribution in [3.63, 3.8) is 0 Å². The van der Waals surface area contributed by atoms with E-state index in [1.165, 1.54) is 12.1 Å². The zero-order valence-corrected chi connectivity index (χ0v) is 14.2. The number of thiocarbonyl (C=S) groups is 1. The summed E-state index contributed by atoms with van der Waals surface area (Å²) in [4.78, 5) is 0.513. The highest BCUT2D eigenvalue weighted by Gasteiger charge is 2.14. The standard InChI is InChI=1S/C12H12IN3O2S2/c13-10-7-15-16(8-10)5-6-20(17,18)11-3-1-9(2-4-11)12(14)19/h1-4,7-8H,5-6H2,(H2,14,19). The third-order valence-electron chi connectivity index (χ3n) is 2.69. The molecule has 106 valence electrons. The lowest BCUT2D eigenvalue weighted by molar-refractivity contribution is 0.580. The van der Waals surface area contributed by atoms with Gasteiger partial charge >= 0.3 is 0 Å². The van der Waals surface area contributed by atoms with Crippen molar-refractivity contribution in [2.45, 2.75) is 11.4 Å². The Balaban J connectivity index is 2.11. The molecule has 0 radical (unpaired) electrons. The van der Waals surface area contributed by atoms with E-state index >= 15 is 0 Å². The van der Waals surface area contributed by atoms with Crippen molar-refractivity contribution >= 4 is 49.6 Å². The monoisotopic (exact) mass is 421 g/mol. The van der Waals surface area contributed by atoms with Gasteiger partial charge < -0.3 is 5.73 Å². The SMILES string of the molecule is NC(=S)c1ccc(S(=O)(=O)CCn2cc(I)cn2)cc1. The van der Waals surface area contributed by atoms with Crippen LogP contribution in [0.15, 0.2) is 41.6 Å². The highest BCUT2D eigenvalue weighted by Crippen LogP contribution is 2.13. The normalized spacial score (nSPS) is 11.4. The number of aromatic nitrogens is 2. The van der Waals surface area contributed by atoms with Crippen molar-refractivity contribution in [1.82, 2.24) is 9.78 Å². The van der Waals surface area contributed by atoms with Gasteiger partial charge in [0.2, 0.25) is 0 Å². The van der Waals surface area contributed by atoms with Crippen LogP contribution in [0.4, 0.5) is 0 Å². The highest BCUT2D eigenvalue weighted by atomic mass is 127. The topological polar surface area (TPSA) is 78.0 Å². The van der Waals surface area contributed by atoms with Gasteiger partial charge in [-0.1, -0.05) is 24.4 Å². The van der Waals surface area contributed by atoms with Gasteiger partial charge in [0.15, 0.2) is 9.84 Å². The Morgan fingerprint density at radius 3 is 2.50 bits per heavy atom. The lowest BCUT2D eigenvalue weighted by Gasteiger charge is -2.06. The zero-order chi connectivity index (χ0) is 14.8. The van der Waals surface area contributed by atoms with Crippen LogP contribution < -0.4 is 5.73 Å². The average Bonchev–Trinajstić information content (AvgIpc) is 2.82. The van der Waals surface area contributed by atoms with Gasteiger partial charge in [-0.25, -0.2) is 8.42 Å². The molecule has 0 bridgehead atoms. The average molecular weight is 421 g/mol. The molecule has 0 aliphatic heterocycles. The van der Waals surface area contributed by atoms with E-state index in [0.717, 1.165) is 3.57 Å². The first kappa shape index (κ1) is 15.4. The van der Waals surface area contributed by atoms with Crippen molar-refractivity contribution in [3.8, 4) is 0 Å². The van der Waals surface area contributed by atoms with Crippen molar-refractivity contribution < 1.29 is 8.42 Å². The third kappa shape index (κ3) is 3.76. The summed E-state index contributed by atoms with van der Waals surface area (Å²) in [6, 6.07) is 6.28. The van der Waals surface area contributed by atoms with E-state index < -0.39 is 9.84 Å². The van der Waals surface area contributed by atoms with Gasteiger partial charge in [0.25, 0.3) is 0 Å². The van der Waals surface area contributed by atoms with E-state index in [2.05, 4.69) is 27.7 Å². The van der Waals surface area contributed by atoms with Gasteiger partial charge in [0, 0.05) is 11.8 Å². The molecule has 20 heavy (non-hydrogen) atoms. The van der Waals surface area contributed by atoms with Crippen molar-refractivity contribution in [2.75, 3.05) is 5.75 Å². The summed E-state index contributed by atoms with van der Waals surface area (Å²) in [6.07, 6.45) is 3.48. The van der Waals surface area contributed by atoms with Crippen LogP contribution in [0.2, 0.25) is 0 Å². The Labute approximate surface area is 136 Å². The van der Waals surface area contributed by atoms with Crippen LogP contribution in [0.25, 0.3) is 0 Å². The Kier molecular flexibility index (Phi) is 4.76. The van der Waals surface area contributed by atoms with Crippen LogP contribution in [0.1, 0.15) is 5.56 Å². The summed E-state index contributed by atoms with van der Waals surface area (Å²) in [5.74, 6) is -0.00280. The minimum absolute atomic E-state index is 0.00280. The fourth-order valence-electron chi connectivity index (χ4n) is 1.62. The summed E-state index contributed by atoms with van der Waals surface area (Å²) in [5, 5.41) is 4.06. The molecular formula is C12H12IN3O2S2. The number of nitrogens with zero attached hydrogens (tertiary/aromatic N) is 2. The lowest BCUT2D eigenvalue weighted by atomic mass is 10.2. The summed E-state index contributed by atoms with van der Waals surface area (Å²) >= 11 is 6.96. The molecule has 0 saturated heterocycles. The summed E-state index contributed by atoms with van der Waals surface area (Å²) in [5.41, 5.74) is 6.13. The Morgan fingerprint density at radius 2 is 2.00 bits per heavy atom. The highest BCUT2D eigenvalue weighted by molar-refractivity contribution is 14.1. The fourth-order valence-corrected chi connectivity index (χ4v) is 3.41. The molecule has 1 aromatic carbocycles. The van der Waals surface area contributed by atoms with Crippen LogP contribution in [-0.2, 0) is 16.4 Å². The number of aryl methyl sites for hydroxylation is 1. The molecule has 2 rings (SSSR count). The van der Waals surface area contributed by atoms with E-state index in [-0.39, 0.29) is 15.6 Å². The van der Waals surface area contributed by atoms with Crippen molar-refractivity contribution in [2.24, 2.45) is 5.73 Å². The molecule has 0 aliphatic rings. The van der Waals surface area contributed by atoms with Gasteiger partial charge in [0.1, 0.15) is 4.99 Å². The van der Waals surface area contributed by atoms with E-state index in [9.17, 15) is 8.42 Å². The number of halogens is 1. The Morgan fingerprint density at radius 1 is 1.35 bits per heavy atom. The molecule has 0 atom stereocenters. The van der Waals surface area contributed by atoms with Crippen LogP contribution in [-0.4, -0.2) is 28.9 Å². The predicted molar refractivity (Wildman–Crippen MR) is 89.3 cm³/mol. The van der Waals surface area contributed by atoms with Gasteiger partial charge in [-0.3, -0.25) is 4.68 Å². The largest absolute Gasteiger partial charge is 0.389 e. The molecular weight excluding hydrogens is 409 g/mol. The Hall–Kier alpha value is -1.00. The molecule has 0 unspecified atom stereocenters. The number of hydrogen-bond donors (Lipinski definition) is 1. The minimum atomic E-state index is -3.34. The van der Waals surface area contributed by atoms with Crippen molar-refractivity contribution in [3.05, 3.63) is 45.8 Å². The second-order valence-corrected chi connectivity index (χ2v) is 7.92. The van der Waals surface area contributed by atoms with Crippen LogP contribution in [0, 0.1) is 3.57 Å². The summed E-state index contributed by atoms with van der Waals surface area (Å²) in [6.45, 7) is 0.322. The van der Waals surface area contributed by atoms with Gasteiger partial charge in [0.05, 0.1) is 27.0 Å². The summed E-state index contributed by atoms with van der Waals surface area (Å²) in [7, 11) is -3.34. The molecule has 0 aliphatic carbocycles. The second-order valence-electron chi connectivity index (χ2n) is 4.13. The predicted octanol–water partition coefficient (Wildman–Crippen LogP) is 1.60. The second kappa shape index (κ2) is 6.19. The molecule has 0 fully saturated rings. The van der Waals surface area contributed by atoms with Crippen LogP contribution >= 0.6 is 34.8 Å². The number of nitrogens with two attached hydrogens (primary N) is 1. The molecule has 2 N–H and O–H groups in total. The van der Waals surface area contributed by atoms with E-state index in [4.69, 9.17) is 18.0 Å². The summed E-state index contributed by atoms with van der Waals surface area (Å²) < 4.78 is 27.0. The maximum atomic E-state index is 12.2. The van der Waals surface area contributed by atoms with Crippen LogP contribution in [0.3, 0.4) is 0 Å². The number of sulfone groups is 1. The van der Waals surface area contributed by atoms with Gasteiger partial charge in [-0.05, 0) is 34.7 Å². The smallest absolute Gasteiger partial charge is 0.180 e. The van der Waals surface area contributed by atoms with Gasteiger partial charge in [-0.15, -0.1) is 0 Å². The molecule has 1 heterocycles. The fraction of sp³-hybridized carbons (Fsp3) is 0.167. The van der Waals surface area contributed by atoms with Crippen molar-refractivity contribution in [1.29, 1.82) is 0 Å². The molecule has 0 spiro atoms. The molecule has 0 amide bonds. The number of rotatable bonds is 5. The van der Waals surface area contributed by atoms with E-state index in [0.29, 0.717) is 12.1 Å². The van der Waals surface area contributed by atoms with E-state index in [1.807, 2.05) is 0 Å². The molecule has 1 aromatic heterocycles. The quantitative estimate of drug-likeness (QED) is 0.586. The third-order valence-corrected chi connectivity index (χ3v) is 5.19. The first-order valence-corrected chi connectivity index (χ1v) is 8.83. The first-order chi connectivity index (χ1) is 9.38. The molecule has 8 heteroatoms. The maximum Gasteiger partial charge on any atom is 0.180 e. The lowest BCUT2D eigenvalue weighted by Crippen LogP contribution is -2.14. The zero-order valence-electron chi connectivity index (χ0n) is 10.4. The number of benzene rings is 1.